The topological polar surface area (TPSA) is 89.3 Å². The Balaban J connectivity index is 1.74. The van der Waals surface area contributed by atoms with Crippen LogP contribution in [0, 0.1) is 10.1 Å². The summed E-state index contributed by atoms with van der Waals surface area (Å²) in [6.07, 6.45) is 2.90. The number of thioether (sulfide) groups is 2. The lowest BCUT2D eigenvalue weighted by atomic mass is 10.1. The molecule has 148 valence electrons. The fraction of sp³-hybridized carbons (Fsp3) is 0.143. The van der Waals surface area contributed by atoms with Crippen LogP contribution < -0.4 is 5.32 Å². The summed E-state index contributed by atoms with van der Waals surface area (Å²) in [6, 6.07) is 15.4. The Bertz CT molecular complexity index is 962. The molecule has 1 amide bonds. The number of amides is 1. The Labute approximate surface area is 176 Å². The van der Waals surface area contributed by atoms with Gasteiger partial charge in [0.2, 0.25) is 0 Å². The molecule has 0 aromatic heterocycles. The Kier molecular flexibility index (Phi) is 7.26. The lowest BCUT2D eigenvalue weighted by Gasteiger charge is -2.09. The summed E-state index contributed by atoms with van der Waals surface area (Å²) in [5, 5.41) is 13.6. The molecule has 2 aromatic rings. The van der Waals surface area contributed by atoms with E-state index < -0.39 is 10.8 Å². The smallest absolute Gasteiger partial charge is 0.269 e. The van der Waals surface area contributed by atoms with Crippen LogP contribution in [-0.4, -0.2) is 28.1 Å². The first-order valence-corrected chi connectivity index (χ1v) is 10.8. The van der Waals surface area contributed by atoms with E-state index in [0.29, 0.717) is 12.1 Å². The maximum Gasteiger partial charge on any atom is 0.269 e. The number of rotatable bonds is 7. The summed E-state index contributed by atoms with van der Waals surface area (Å²) < 4.78 is 0.730. The molecule has 0 atom stereocenters. The minimum Gasteiger partial charge on any atom is -0.348 e. The number of carbonyl (C=O) groups excluding carboxylic acids is 2. The maximum absolute atomic E-state index is 12.8. The highest BCUT2D eigenvalue weighted by molar-refractivity contribution is 8.25. The van der Waals surface area contributed by atoms with Crippen molar-refractivity contribution in [3.05, 3.63) is 91.7 Å². The molecule has 0 aliphatic carbocycles. The Morgan fingerprint density at radius 3 is 2.31 bits per heavy atom. The van der Waals surface area contributed by atoms with Crippen LogP contribution in [0.2, 0.25) is 0 Å². The summed E-state index contributed by atoms with van der Waals surface area (Å²) >= 11 is 3.02. The highest BCUT2D eigenvalue weighted by Gasteiger charge is 2.24. The van der Waals surface area contributed by atoms with Gasteiger partial charge in [-0.1, -0.05) is 36.4 Å². The standard InChI is InChI=1S/C21H18N2O4S2/c24-18(11-8-15-6-9-17(10-7-15)23(26)27)19(21-28-12-13-29-21)20(25)22-14-16-4-2-1-3-5-16/h1-11H,12-14H2,(H,22,25)/b11-8+. The van der Waals surface area contributed by atoms with Crippen molar-refractivity contribution in [1.82, 2.24) is 5.32 Å². The van der Waals surface area contributed by atoms with Crippen molar-refractivity contribution < 1.29 is 14.5 Å². The van der Waals surface area contributed by atoms with E-state index in [1.165, 1.54) is 41.7 Å². The van der Waals surface area contributed by atoms with Gasteiger partial charge >= 0.3 is 0 Å². The van der Waals surface area contributed by atoms with Crippen LogP contribution in [0.25, 0.3) is 6.08 Å². The zero-order valence-corrected chi connectivity index (χ0v) is 17.0. The van der Waals surface area contributed by atoms with E-state index in [1.54, 1.807) is 18.2 Å². The van der Waals surface area contributed by atoms with Gasteiger partial charge in [0.15, 0.2) is 5.78 Å². The van der Waals surface area contributed by atoms with Gasteiger partial charge in [-0.3, -0.25) is 19.7 Å². The molecule has 1 N–H and O–H groups in total. The molecule has 0 radical (unpaired) electrons. The molecule has 2 aromatic carbocycles. The van der Waals surface area contributed by atoms with Crippen LogP contribution in [0.5, 0.6) is 0 Å². The molecule has 0 saturated carbocycles. The number of nitrogens with one attached hydrogen (secondary N) is 1. The van der Waals surface area contributed by atoms with Gasteiger partial charge in [-0.2, -0.15) is 0 Å². The number of carbonyl (C=O) groups is 2. The lowest BCUT2D eigenvalue weighted by Crippen LogP contribution is -2.28. The van der Waals surface area contributed by atoms with Crippen molar-refractivity contribution >= 4 is 47.0 Å². The van der Waals surface area contributed by atoms with Crippen molar-refractivity contribution in [3.8, 4) is 0 Å². The van der Waals surface area contributed by atoms with Crippen LogP contribution in [0.15, 0.2) is 70.5 Å². The van der Waals surface area contributed by atoms with Crippen LogP contribution >= 0.6 is 23.5 Å². The molecule has 0 bridgehead atoms. The molecule has 8 heteroatoms. The number of allylic oxidation sites excluding steroid dienone is 1. The normalized spacial score (nSPS) is 13.4. The number of nitro benzene ring substituents is 1. The van der Waals surface area contributed by atoms with E-state index in [9.17, 15) is 19.7 Å². The second kappa shape index (κ2) is 10.1. The van der Waals surface area contributed by atoms with Gasteiger partial charge in [-0.05, 0) is 29.3 Å². The number of nitrogens with zero attached hydrogens (tertiary/aromatic N) is 1. The van der Waals surface area contributed by atoms with Gasteiger partial charge in [-0.15, -0.1) is 23.5 Å². The lowest BCUT2D eigenvalue weighted by molar-refractivity contribution is -0.384. The molecule has 1 saturated heterocycles. The second-order valence-corrected chi connectivity index (χ2v) is 8.54. The van der Waals surface area contributed by atoms with Crippen molar-refractivity contribution in [2.45, 2.75) is 6.54 Å². The van der Waals surface area contributed by atoms with Gasteiger partial charge in [0.1, 0.15) is 5.57 Å². The van der Waals surface area contributed by atoms with E-state index >= 15 is 0 Å². The SMILES string of the molecule is O=C(/C=C/c1ccc([N+](=O)[O-])cc1)C(C(=O)NCc1ccccc1)=C1SCCS1. The van der Waals surface area contributed by atoms with E-state index in [2.05, 4.69) is 5.32 Å². The van der Waals surface area contributed by atoms with E-state index in [0.717, 1.165) is 21.3 Å². The molecule has 1 heterocycles. The summed E-state index contributed by atoms with van der Waals surface area (Å²) in [4.78, 5) is 35.8. The summed E-state index contributed by atoms with van der Waals surface area (Å²) in [5.74, 6) is 0.929. The van der Waals surface area contributed by atoms with Crippen LogP contribution in [-0.2, 0) is 16.1 Å². The molecule has 1 fully saturated rings. The highest BCUT2D eigenvalue weighted by atomic mass is 32.2. The Hall–Kier alpha value is -2.84. The number of non-ortho nitro benzene ring substituents is 1. The zero-order chi connectivity index (χ0) is 20.6. The molecule has 1 aliphatic rings. The van der Waals surface area contributed by atoms with E-state index in [-0.39, 0.29) is 17.0 Å². The van der Waals surface area contributed by atoms with E-state index in [4.69, 9.17) is 0 Å². The minimum atomic E-state index is -0.479. The molecule has 3 rings (SSSR count). The van der Waals surface area contributed by atoms with Crippen molar-refractivity contribution in [3.63, 3.8) is 0 Å². The first-order valence-electron chi connectivity index (χ1n) is 8.83. The fourth-order valence-corrected chi connectivity index (χ4v) is 5.13. The monoisotopic (exact) mass is 426 g/mol. The van der Waals surface area contributed by atoms with Crippen LogP contribution in [0.1, 0.15) is 11.1 Å². The molecule has 0 unspecified atom stereocenters. The Morgan fingerprint density at radius 2 is 1.69 bits per heavy atom. The van der Waals surface area contributed by atoms with Crippen molar-refractivity contribution in [2.75, 3.05) is 11.5 Å². The molecule has 29 heavy (non-hydrogen) atoms. The van der Waals surface area contributed by atoms with Crippen molar-refractivity contribution in [2.24, 2.45) is 0 Å². The number of benzene rings is 2. The third kappa shape index (κ3) is 5.82. The highest BCUT2D eigenvalue weighted by Crippen LogP contribution is 2.39. The predicted octanol–water partition coefficient (Wildman–Crippen LogP) is 4.19. The summed E-state index contributed by atoms with van der Waals surface area (Å²) in [5.41, 5.74) is 1.72. The predicted molar refractivity (Wildman–Crippen MR) is 117 cm³/mol. The molecular weight excluding hydrogens is 408 g/mol. The van der Waals surface area contributed by atoms with E-state index in [1.807, 2.05) is 30.3 Å². The van der Waals surface area contributed by atoms with Gasteiger partial charge in [0.25, 0.3) is 11.6 Å². The molecule has 6 nitrogen and oxygen atoms in total. The van der Waals surface area contributed by atoms with Gasteiger partial charge in [0.05, 0.1) is 9.16 Å². The third-order valence-corrected chi connectivity index (χ3v) is 6.77. The van der Waals surface area contributed by atoms with Gasteiger partial charge in [-0.25, -0.2) is 0 Å². The largest absolute Gasteiger partial charge is 0.348 e. The first kappa shape index (κ1) is 20.9. The molecule has 0 spiro atoms. The fourth-order valence-electron chi connectivity index (χ4n) is 2.59. The zero-order valence-electron chi connectivity index (χ0n) is 15.4. The number of nitro groups is 1. The average molecular weight is 427 g/mol. The Morgan fingerprint density at radius 1 is 1.03 bits per heavy atom. The van der Waals surface area contributed by atoms with Crippen LogP contribution in [0.4, 0.5) is 5.69 Å². The number of hydrogen-bond acceptors (Lipinski definition) is 6. The molecular formula is C21H18N2O4S2. The second-order valence-electron chi connectivity index (χ2n) is 6.07. The molecule has 1 aliphatic heterocycles. The number of ketones is 1. The summed E-state index contributed by atoms with van der Waals surface area (Å²) in [7, 11) is 0. The third-order valence-electron chi connectivity index (χ3n) is 4.05. The minimum absolute atomic E-state index is 0.0182. The average Bonchev–Trinajstić information content (AvgIpc) is 3.26. The van der Waals surface area contributed by atoms with Gasteiger partial charge < -0.3 is 5.32 Å². The van der Waals surface area contributed by atoms with Crippen molar-refractivity contribution in [1.29, 1.82) is 0 Å². The first-order chi connectivity index (χ1) is 14.0. The quantitative estimate of drug-likeness (QED) is 0.235. The van der Waals surface area contributed by atoms with Gasteiger partial charge in [0, 0.05) is 30.2 Å². The maximum atomic E-state index is 12.8. The van der Waals surface area contributed by atoms with Crippen LogP contribution in [0.3, 0.4) is 0 Å². The summed E-state index contributed by atoms with van der Waals surface area (Å²) in [6.45, 7) is 0.338. The number of hydrogen-bond donors (Lipinski definition) is 1.